The molecule has 0 spiro atoms. The number of hydrogen-bond donors (Lipinski definition) is 3. The molecule has 0 bridgehead atoms. The molecule has 5 nitrogen and oxygen atoms in total. The monoisotopic (exact) mass is 378 g/mol. The average molecular weight is 379 g/mol. The highest BCUT2D eigenvalue weighted by atomic mass is 35.5. The Labute approximate surface area is 161 Å². The minimum absolute atomic E-state index is 0.235. The molecular weight excluding hydrogens is 360 g/mol. The first-order valence-electron chi connectivity index (χ1n) is 8.98. The smallest absolute Gasteiger partial charge is 0.146 e. The highest BCUT2D eigenvalue weighted by Crippen LogP contribution is 2.47. The largest absolute Gasteiger partial charge is 0.373 e. The van der Waals surface area contributed by atoms with E-state index < -0.39 is 6.23 Å². The number of aromatic amines is 1. The molecule has 27 heavy (non-hydrogen) atoms. The van der Waals surface area contributed by atoms with Crippen molar-refractivity contribution in [3.63, 3.8) is 0 Å². The number of aromatic nitrogens is 3. The highest BCUT2D eigenvalue weighted by molar-refractivity contribution is 6.31. The molecule has 0 amide bonds. The summed E-state index contributed by atoms with van der Waals surface area (Å²) >= 11 is 6.06. The molecule has 1 fully saturated rings. The molecule has 2 aromatic heterocycles. The van der Waals surface area contributed by atoms with Gasteiger partial charge in [0.25, 0.3) is 0 Å². The number of aliphatic hydroxyl groups is 1. The van der Waals surface area contributed by atoms with E-state index in [1.54, 1.807) is 0 Å². The second-order valence-corrected chi connectivity index (χ2v) is 7.53. The molecule has 4 aromatic rings. The van der Waals surface area contributed by atoms with Gasteiger partial charge in [-0.2, -0.15) is 5.10 Å². The van der Waals surface area contributed by atoms with Crippen LogP contribution < -0.4 is 5.32 Å². The van der Waals surface area contributed by atoms with E-state index in [-0.39, 0.29) is 5.54 Å². The zero-order valence-electron chi connectivity index (χ0n) is 14.6. The Hall–Kier alpha value is -2.60. The van der Waals surface area contributed by atoms with E-state index in [2.05, 4.69) is 15.4 Å². The molecule has 6 heteroatoms. The lowest BCUT2D eigenvalue weighted by molar-refractivity contribution is 0.114. The van der Waals surface area contributed by atoms with Crippen molar-refractivity contribution in [2.24, 2.45) is 0 Å². The van der Waals surface area contributed by atoms with Gasteiger partial charge >= 0.3 is 0 Å². The number of rotatable bonds is 5. The summed E-state index contributed by atoms with van der Waals surface area (Å²) in [5.41, 5.74) is 3.56. The number of benzene rings is 2. The quantitative estimate of drug-likeness (QED) is 0.454. The fourth-order valence-electron chi connectivity index (χ4n) is 3.55. The van der Waals surface area contributed by atoms with Gasteiger partial charge in [0.2, 0.25) is 0 Å². The van der Waals surface area contributed by atoms with Crippen LogP contribution in [0.3, 0.4) is 0 Å². The van der Waals surface area contributed by atoms with E-state index in [4.69, 9.17) is 11.6 Å². The molecular formula is C21H19ClN4O. The van der Waals surface area contributed by atoms with E-state index in [0.717, 1.165) is 40.7 Å². The van der Waals surface area contributed by atoms with Gasteiger partial charge < -0.3 is 10.1 Å². The van der Waals surface area contributed by atoms with Gasteiger partial charge in [0, 0.05) is 33.2 Å². The van der Waals surface area contributed by atoms with Crippen LogP contribution in [-0.2, 0) is 5.54 Å². The number of hydrogen-bond acceptors (Lipinski definition) is 3. The minimum atomic E-state index is -0.793. The van der Waals surface area contributed by atoms with Crippen LogP contribution in [0.15, 0.2) is 67.0 Å². The van der Waals surface area contributed by atoms with Gasteiger partial charge in [-0.05, 0) is 49.2 Å². The van der Waals surface area contributed by atoms with Gasteiger partial charge in [0.15, 0.2) is 0 Å². The van der Waals surface area contributed by atoms with Crippen LogP contribution in [0, 0.1) is 0 Å². The fraction of sp³-hybridized carbons (Fsp3) is 0.190. The lowest BCUT2D eigenvalue weighted by Crippen LogP contribution is -2.32. The van der Waals surface area contributed by atoms with Crippen LogP contribution in [0.4, 0.5) is 0 Å². The number of aliphatic hydroxyl groups excluding tert-OH is 1. The van der Waals surface area contributed by atoms with Gasteiger partial charge in [-0.1, -0.05) is 29.8 Å². The van der Waals surface area contributed by atoms with Crippen molar-refractivity contribution in [2.45, 2.75) is 24.6 Å². The first kappa shape index (κ1) is 16.6. The molecule has 0 aliphatic heterocycles. The SMILES string of the molecule is OC(NC1(c2cnn(-c3ccccc3)c2)CC1)c1cc2cc(Cl)ccc2[nH]1. The van der Waals surface area contributed by atoms with Gasteiger partial charge in [-0.25, -0.2) is 4.68 Å². The topological polar surface area (TPSA) is 65.9 Å². The first-order chi connectivity index (χ1) is 13.1. The van der Waals surface area contributed by atoms with Crippen molar-refractivity contribution in [1.29, 1.82) is 0 Å². The Bertz CT molecular complexity index is 1100. The molecule has 1 aliphatic rings. The molecule has 1 unspecified atom stereocenters. The molecule has 5 rings (SSSR count). The summed E-state index contributed by atoms with van der Waals surface area (Å²) in [6.45, 7) is 0. The van der Waals surface area contributed by atoms with Gasteiger partial charge in [-0.3, -0.25) is 5.32 Å². The van der Waals surface area contributed by atoms with Gasteiger partial charge in [-0.15, -0.1) is 0 Å². The number of nitrogens with one attached hydrogen (secondary N) is 2. The maximum absolute atomic E-state index is 10.7. The first-order valence-corrected chi connectivity index (χ1v) is 9.35. The number of fused-ring (bicyclic) bond motifs is 1. The van der Waals surface area contributed by atoms with Crippen LogP contribution in [0.1, 0.15) is 30.3 Å². The van der Waals surface area contributed by atoms with Crippen molar-refractivity contribution in [3.8, 4) is 5.69 Å². The highest BCUT2D eigenvalue weighted by Gasteiger charge is 2.46. The maximum Gasteiger partial charge on any atom is 0.146 e. The zero-order chi connectivity index (χ0) is 18.4. The third kappa shape index (κ3) is 3.04. The summed E-state index contributed by atoms with van der Waals surface area (Å²) in [5.74, 6) is 0. The fourth-order valence-corrected chi connectivity index (χ4v) is 3.73. The summed E-state index contributed by atoms with van der Waals surface area (Å²) < 4.78 is 1.87. The van der Waals surface area contributed by atoms with E-state index in [0.29, 0.717) is 5.02 Å². The Morgan fingerprint density at radius 1 is 1.15 bits per heavy atom. The number of nitrogens with zero attached hydrogens (tertiary/aromatic N) is 2. The molecule has 2 heterocycles. The predicted octanol–water partition coefficient (Wildman–Crippen LogP) is 4.28. The molecule has 1 saturated carbocycles. The van der Waals surface area contributed by atoms with Crippen molar-refractivity contribution < 1.29 is 5.11 Å². The van der Waals surface area contributed by atoms with Gasteiger partial charge in [0.05, 0.1) is 17.6 Å². The minimum Gasteiger partial charge on any atom is -0.373 e. The third-order valence-electron chi connectivity index (χ3n) is 5.22. The molecule has 1 atom stereocenters. The maximum atomic E-state index is 10.7. The van der Waals surface area contributed by atoms with Crippen molar-refractivity contribution >= 4 is 22.5 Å². The van der Waals surface area contributed by atoms with Crippen LogP contribution in [0.2, 0.25) is 5.02 Å². The summed E-state index contributed by atoms with van der Waals surface area (Å²) in [4.78, 5) is 3.26. The number of halogens is 1. The van der Waals surface area contributed by atoms with Crippen LogP contribution in [0.25, 0.3) is 16.6 Å². The Morgan fingerprint density at radius 3 is 2.74 bits per heavy atom. The van der Waals surface area contributed by atoms with E-state index >= 15 is 0 Å². The molecule has 0 radical (unpaired) electrons. The Balaban J connectivity index is 1.39. The standard InChI is InChI=1S/C21H19ClN4O/c22-16-6-7-18-14(10-16)11-19(24-18)20(27)25-21(8-9-21)15-12-23-26(13-15)17-4-2-1-3-5-17/h1-7,10-13,20,24-25,27H,8-9H2. The molecule has 0 saturated heterocycles. The molecule has 136 valence electrons. The zero-order valence-corrected chi connectivity index (χ0v) is 15.3. The lowest BCUT2D eigenvalue weighted by atomic mass is 10.1. The van der Waals surface area contributed by atoms with E-state index in [9.17, 15) is 5.11 Å². The van der Waals surface area contributed by atoms with Crippen LogP contribution in [0.5, 0.6) is 0 Å². The second-order valence-electron chi connectivity index (χ2n) is 7.09. The number of H-pyrrole nitrogens is 1. The van der Waals surface area contributed by atoms with Crippen molar-refractivity contribution in [2.75, 3.05) is 0 Å². The van der Waals surface area contributed by atoms with Crippen molar-refractivity contribution in [3.05, 3.63) is 83.3 Å². The summed E-state index contributed by atoms with van der Waals surface area (Å²) in [6.07, 6.45) is 5.06. The summed E-state index contributed by atoms with van der Waals surface area (Å²) in [6, 6.07) is 17.6. The van der Waals surface area contributed by atoms with Gasteiger partial charge in [0.1, 0.15) is 6.23 Å². The van der Waals surface area contributed by atoms with E-state index in [1.807, 2.05) is 71.7 Å². The second kappa shape index (κ2) is 6.23. The van der Waals surface area contributed by atoms with E-state index in [1.165, 1.54) is 0 Å². The predicted molar refractivity (Wildman–Crippen MR) is 106 cm³/mol. The van der Waals surface area contributed by atoms with Crippen LogP contribution >= 0.6 is 11.6 Å². The number of para-hydroxylation sites is 1. The normalized spacial score (nSPS) is 16.5. The van der Waals surface area contributed by atoms with Crippen LogP contribution in [-0.4, -0.2) is 19.9 Å². The third-order valence-corrected chi connectivity index (χ3v) is 5.45. The molecule has 3 N–H and O–H groups in total. The molecule has 2 aromatic carbocycles. The summed E-state index contributed by atoms with van der Waals surface area (Å²) in [7, 11) is 0. The Morgan fingerprint density at radius 2 is 1.96 bits per heavy atom. The lowest BCUT2D eigenvalue weighted by Gasteiger charge is -2.20. The Kier molecular flexibility index (Phi) is 3.82. The molecule has 1 aliphatic carbocycles. The van der Waals surface area contributed by atoms with Crippen molar-refractivity contribution in [1.82, 2.24) is 20.1 Å². The average Bonchev–Trinajstić information content (AvgIpc) is 3.11. The summed E-state index contributed by atoms with van der Waals surface area (Å²) in [5, 5.41) is 20.3.